The van der Waals surface area contributed by atoms with Gasteiger partial charge in [-0.15, -0.1) is 11.3 Å². The molecular weight excluding hydrogens is 400 g/mol. The van der Waals surface area contributed by atoms with Crippen LogP contribution in [0.1, 0.15) is 28.9 Å². The quantitative estimate of drug-likeness (QED) is 0.482. The fourth-order valence-corrected chi connectivity index (χ4v) is 3.97. The second-order valence-electron chi connectivity index (χ2n) is 7.28. The summed E-state index contributed by atoms with van der Waals surface area (Å²) >= 11 is 1.53. The second-order valence-corrected chi connectivity index (χ2v) is 8.23. The number of thiophene rings is 1. The molecule has 1 aromatic carbocycles. The number of carbonyl (C=O) groups excluding carboxylic acids is 2. The Morgan fingerprint density at radius 2 is 1.90 bits per heavy atom. The van der Waals surface area contributed by atoms with E-state index in [1.807, 2.05) is 17.5 Å². The molecule has 4 aromatic rings. The molecule has 0 saturated heterocycles. The van der Waals surface area contributed by atoms with Gasteiger partial charge in [-0.1, -0.05) is 17.3 Å². The third-order valence-corrected chi connectivity index (χ3v) is 5.86. The minimum Gasteiger partial charge on any atom is -0.335 e. The van der Waals surface area contributed by atoms with Gasteiger partial charge in [0, 0.05) is 17.3 Å². The first-order chi connectivity index (χ1) is 14.6. The highest BCUT2D eigenvalue weighted by Gasteiger charge is 2.29. The lowest BCUT2D eigenvalue weighted by Gasteiger charge is -2.10. The van der Waals surface area contributed by atoms with Crippen LogP contribution in [-0.2, 0) is 4.79 Å². The van der Waals surface area contributed by atoms with Gasteiger partial charge >= 0.3 is 0 Å². The Kier molecular flexibility index (Phi) is 4.55. The molecule has 30 heavy (non-hydrogen) atoms. The van der Waals surface area contributed by atoms with Crippen molar-refractivity contribution in [2.75, 3.05) is 10.6 Å². The standard InChI is InChI=1S/C22H18N4O3S/c1-12-19-16(11-17(18-6-3-9-30-18)25-22(19)29-26-12)21(28)24-15-5-2-4-14(10-15)23-20(27)13-7-8-13/h2-6,9-11,13H,7-8H2,1H3,(H,23,27)(H,24,28). The number of fused-ring (bicyclic) bond motifs is 1. The van der Waals surface area contributed by atoms with Gasteiger partial charge in [-0.05, 0) is 55.5 Å². The lowest BCUT2D eigenvalue weighted by atomic mass is 10.1. The summed E-state index contributed by atoms with van der Waals surface area (Å²) in [7, 11) is 0. The molecule has 1 aliphatic rings. The number of nitrogens with zero attached hydrogens (tertiary/aromatic N) is 2. The number of aryl methyl sites for hydroxylation is 1. The monoisotopic (exact) mass is 418 g/mol. The maximum atomic E-state index is 13.2. The molecule has 0 unspecified atom stereocenters. The SMILES string of the molecule is Cc1noc2nc(-c3cccs3)cc(C(=O)Nc3cccc(NC(=O)C4CC4)c3)c12. The Labute approximate surface area is 176 Å². The summed E-state index contributed by atoms with van der Waals surface area (Å²) in [5.41, 5.74) is 3.27. The Balaban J connectivity index is 1.46. The molecule has 7 nitrogen and oxygen atoms in total. The average molecular weight is 418 g/mol. The van der Waals surface area contributed by atoms with Gasteiger partial charge in [0.1, 0.15) is 0 Å². The van der Waals surface area contributed by atoms with Crippen LogP contribution >= 0.6 is 11.3 Å². The van der Waals surface area contributed by atoms with Crippen LogP contribution in [0.25, 0.3) is 21.7 Å². The highest BCUT2D eigenvalue weighted by molar-refractivity contribution is 7.13. The van der Waals surface area contributed by atoms with Crippen LogP contribution in [0.2, 0.25) is 0 Å². The van der Waals surface area contributed by atoms with Crippen molar-refractivity contribution in [3.8, 4) is 10.6 Å². The van der Waals surface area contributed by atoms with Crippen molar-refractivity contribution in [1.82, 2.24) is 10.1 Å². The highest BCUT2D eigenvalue weighted by Crippen LogP contribution is 2.31. The summed E-state index contributed by atoms with van der Waals surface area (Å²) in [6, 6.07) is 12.8. The summed E-state index contributed by atoms with van der Waals surface area (Å²) in [6.07, 6.45) is 1.87. The van der Waals surface area contributed by atoms with Crippen molar-refractivity contribution < 1.29 is 14.1 Å². The van der Waals surface area contributed by atoms with E-state index in [0.717, 1.165) is 17.7 Å². The number of carbonyl (C=O) groups is 2. The van der Waals surface area contributed by atoms with E-state index in [4.69, 9.17) is 4.52 Å². The zero-order valence-corrected chi connectivity index (χ0v) is 17.0. The van der Waals surface area contributed by atoms with Crippen molar-refractivity contribution in [2.45, 2.75) is 19.8 Å². The molecule has 0 aliphatic heterocycles. The number of hydrogen-bond acceptors (Lipinski definition) is 6. The number of hydrogen-bond donors (Lipinski definition) is 2. The van der Waals surface area contributed by atoms with Crippen LogP contribution in [0.4, 0.5) is 11.4 Å². The Morgan fingerprint density at radius 1 is 1.10 bits per heavy atom. The molecule has 150 valence electrons. The molecule has 0 radical (unpaired) electrons. The molecule has 5 rings (SSSR count). The highest BCUT2D eigenvalue weighted by atomic mass is 32.1. The summed E-state index contributed by atoms with van der Waals surface area (Å²) in [4.78, 5) is 30.6. The Hall–Kier alpha value is -3.52. The van der Waals surface area contributed by atoms with Crippen molar-refractivity contribution in [3.05, 3.63) is 59.1 Å². The first-order valence-electron chi connectivity index (χ1n) is 9.61. The topological polar surface area (TPSA) is 97.1 Å². The number of pyridine rings is 1. The molecule has 0 atom stereocenters. The van der Waals surface area contributed by atoms with E-state index >= 15 is 0 Å². The Morgan fingerprint density at radius 3 is 2.63 bits per heavy atom. The van der Waals surface area contributed by atoms with Crippen LogP contribution in [0, 0.1) is 12.8 Å². The maximum Gasteiger partial charge on any atom is 0.259 e. The zero-order valence-electron chi connectivity index (χ0n) is 16.1. The molecule has 3 aromatic heterocycles. The van der Waals surface area contributed by atoms with E-state index in [1.165, 1.54) is 11.3 Å². The summed E-state index contributed by atoms with van der Waals surface area (Å²) < 4.78 is 5.34. The molecule has 0 spiro atoms. The minimum atomic E-state index is -0.294. The van der Waals surface area contributed by atoms with E-state index in [0.29, 0.717) is 39.4 Å². The van der Waals surface area contributed by atoms with Gasteiger partial charge in [0.25, 0.3) is 11.6 Å². The predicted molar refractivity (Wildman–Crippen MR) is 116 cm³/mol. The fourth-order valence-electron chi connectivity index (χ4n) is 3.29. The average Bonchev–Trinajstić information content (AvgIpc) is 3.32. The molecule has 1 fully saturated rings. The van der Waals surface area contributed by atoms with Crippen LogP contribution in [0.15, 0.2) is 52.4 Å². The van der Waals surface area contributed by atoms with Crippen molar-refractivity contribution in [1.29, 1.82) is 0 Å². The third-order valence-electron chi connectivity index (χ3n) is 4.97. The van der Waals surface area contributed by atoms with E-state index < -0.39 is 0 Å². The fraction of sp³-hybridized carbons (Fsp3) is 0.182. The maximum absolute atomic E-state index is 13.2. The first-order valence-corrected chi connectivity index (χ1v) is 10.5. The summed E-state index contributed by atoms with van der Waals surface area (Å²) in [5.74, 6) is -0.159. The van der Waals surface area contributed by atoms with Gasteiger partial charge in [-0.2, -0.15) is 0 Å². The van der Waals surface area contributed by atoms with Gasteiger partial charge in [0.15, 0.2) is 0 Å². The van der Waals surface area contributed by atoms with Gasteiger partial charge in [-0.3, -0.25) is 9.59 Å². The van der Waals surface area contributed by atoms with Gasteiger partial charge in [0.05, 0.1) is 27.2 Å². The first kappa shape index (κ1) is 18.5. The number of benzene rings is 1. The van der Waals surface area contributed by atoms with Crippen molar-refractivity contribution in [2.24, 2.45) is 5.92 Å². The van der Waals surface area contributed by atoms with Crippen LogP contribution in [0.5, 0.6) is 0 Å². The summed E-state index contributed by atoms with van der Waals surface area (Å²) in [6.45, 7) is 1.78. The Bertz CT molecular complexity index is 1260. The smallest absolute Gasteiger partial charge is 0.259 e. The van der Waals surface area contributed by atoms with E-state index in [2.05, 4.69) is 20.8 Å². The minimum absolute atomic E-state index is 0.0232. The number of amides is 2. The molecule has 1 aliphatic carbocycles. The van der Waals surface area contributed by atoms with Gasteiger partial charge in [-0.25, -0.2) is 4.98 Å². The largest absolute Gasteiger partial charge is 0.335 e. The number of nitrogens with one attached hydrogen (secondary N) is 2. The van der Waals surface area contributed by atoms with Crippen LogP contribution in [0.3, 0.4) is 0 Å². The van der Waals surface area contributed by atoms with Gasteiger partial charge in [0.2, 0.25) is 5.91 Å². The third kappa shape index (κ3) is 3.57. The normalized spacial score (nSPS) is 13.4. The molecule has 1 saturated carbocycles. The number of rotatable bonds is 5. The zero-order chi connectivity index (χ0) is 20.7. The molecular formula is C22H18N4O3S. The molecule has 3 heterocycles. The molecule has 0 bridgehead atoms. The van der Waals surface area contributed by atoms with Gasteiger partial charge < -0.3 is 15.2 Å². The number of aromatic nitrogens is 2. The second kappa shape index (κ2) is 7.38. The van der Waals surface area contributed by atoms with E-state index in [9.17, 15) is 9.59 Å². The van der Waals surface area contributed by atoms with E-state index in [-0.39, 0.29) is 17.7 Å². The van der Waals surface area contributed by atoms with Crippen molar-refractivity contribution >= 4 is 45.6 Å². The molecule has 2 amide bonds. The molecule has 8 heteroatoms. The lowest BCUT2D eigenvalue weighted by molar-refractivity contribution is -0.117. The van der Waals surface area contributed by atoms with Crippen molar-refractivity contribution in [3.63, 3.8) is 0 Å². The summed E-state index contributed by atoms with van der Waals surface area (Å²) in [5, 5.41) is 12.3. The lowest BCUT2D eigenvalue weighted by Crippen LogP contribution is -2.15. The molecule has 2 N–H and O–H groups in total. The predicted octanol–water partition coefficient (Wildman–Crippen LogP) is 4.86. The van der Waals surface area contributed by atoms with Crippen LogP contribution in [-0.4, -0.2) is 22.0 Å². The van der Waals surface area contributed by atoms with Crippen LogP contribution < -0.4 is 10.6 Å². The van der Waals surface area contributed by atoms with E-state index in [1.54, 1.807) is 37.3 Å². The number of anilines is 2.